The number of aryl methyl sites for hydroxylation is 2. The summed E-state index contributed by atoms with van der Waals surface area (Å²) in [6, 6.07) is 12.2. The van der Waals surface area contributed by atoms with Gasteiger partial charge in [-0.05, 0) is 63.6 Å². The number of amides is 1. The Morgan fingerprint density at radius 3 is 2.58 bits per heavy atom. The number of hydrogen-bond acceptors (Lipinski definition) is 6. The van der Waals surface area contributed by atoms with Gasteiger partial charge in [-0.2, -0.15) is 0 Å². The van der Waals surface area contributed by atoms with Crippen LogP contribution in [0.2, 0.25) is 5.15 Å². The largest absolute Gasteiger partial charge is 0.454 e. The molecular formula is C25H23ClN4O3. The number of nitrogens with one attached hydrogen (secondary N) is 1. The molecule has 4 aromatic rings. The normalized spacial score (nSPS) is 12.0. The second-order valence-electron chi connectivity index (χ2n) is 8.04. The van der Waals surface area contributed by atoms with Gasteiger partial charge in [0.05, 0.1) is 17.1 Å². The van der Waals surface area contributed by atoms with E-state index in [9.17, 15) is 9.59 Å². The lowest BCUT2D eigenvalue weighted by atomic mass is 9.99. The van der Waals surface area contributed by atoms with Crippen molar-refractivity contribution in [3.05, 3.63) is 85.9 Å². The summed E-state index contributed by atoms with van der Waals surface area (Å²) >= 11 is 5.93. The average Bonchev–Trinajstić information content (AvgIpc) is 2.77. The number of halogens is 1. The van der Waals surface area contributed by atoms with Gasteiger partial charge in [-0.25, -0.2) is 9.97 Å². The van der Waals surface area contributed by atoms with Gasteiger partial charge in [0.2, 0.25) is 0 Å². The minimum absolute atomic E-state index is 0.0354. The van der Waals surface area contributed by atoms with Crippen LogP contribution in [-0.2, 0) is 0 Å². The minimum atomic E-state index is -0.698. The van der Waals surface area contributed by atoms with E-state index >= 15 is 0 Å². The number of hydrogen-bond donors (Lipinski definition) is 2. The maximum Gasteiger partial charge on any atom is 0.269 e. The summed E-state index contributed by atoms with van der Waals surface area (Å²) in [6.45, 7) is 7.44. The third-order valence-electron chi connectivity index (χ3n) is 5.45. The molecule has 0 bridgehead atoms. The van der Waals surface area contributed by atoms with Gasteiger partial charge in [-0.3, -0.25) is 9.59 Å². The van der Waals surface area contributed by atoms with E-state index in [1.165, 1.54) is 0 Å². The zero-order valence-electron chi connectivity index (χ0n) is 18.7. The van der Waals surface area contributed by atoms with Crippen LogP contribution in [0, 0.1) is 20.8 Å². The fourth-order valence-electron chi connectivity index (χ4n) is 3.85. The van der Waals surface area contributed by atoms with E-state index in [0.29, 0.717) is 33.7 Å². The molecule has 8 heteroatoms. The van der Waals surface area contributed by atoms with Crippen LogP contribution >= 0.6 is 11.6 Å². The first-order chi connectivity index (χ1) is 15.7. The molecule has 1 atom stereocenters. The van der Waals surface area contributed by atoms with Crippen molar-refractivity contribution in [3.8, 4) is 11.5 Å². The highest BCUT2D eigenvalue weighted by Gasteiger charge is 2.21. The Morgan fingerprint density at radius 2 is 1.88 bits per heavy atom. The van der Waals surface area contributed by atoms with Crippen LogP contribution in [-0.4, -0.2) is 15.9 Å². The maximum atomic E-state index is 13.3. The topological polar surface area (TPSA) is 111 Å². The highest BCUT2D eigenvalue weighted by atomic mass is 35.5. The van der Waals surface area contributed by atoms with Gasteiger partial charge in [0.15, 0.2) is 16.9 Å². The van der Waals surface area contributed by atoms with Crippen LogP contribution in [0.25, 0.3) is 22.4 Å². The van der Waals surface area contributed by atoms with Gasteiger partial charge in [-0.1, -0.05) is 23.7 Å². The van der Waals surface area contributed by atoms with Gasteiger partial charge in [0.1, 0.15) is 16.4 Å². The molecule has 0 aliphatic carbocycles. The van der Waals surface area contributed by atoms with E-state index in [1.54, 1.807) is 19.1 Å². The summed E-state index contributed by atoms with van der Waals surface area (Å²) in [7, 11) is 0. The molecule has 168 valence electrons. The van der Waals surface area contributed by atoms with E-state index in [-0.39, 0.29) is 22.3 Å². The number of benzene rings is 1. The summed E-state index contributed by atoms with van der Waals surface area (Å²) in [5, 5.41) is 3.91. The molecule has 0 saturated carbocycles. The third-order valence-corrected chi connectivity index (χ3v) is 5.66. The van der Waals surface area contributed by atoms with E-state index in [0.717, 1.165) is 16.8 Å². The fourth-order valence-corrected chi connectivity index (χ4v) is 4.00. The Morgan fingerprint density at radius 1 is 1.12 bits per heavy atom. The van der Waals surface area contributed by atoms with Gasteiger partial charge in [0.25, 0.3) is 5.91 Å². The molecule has 3 aromatic heterocycles. The molecule has 3 heterocycles. The molecule has 0 aliphatic heterocycles. The van der Waals surface area contributed by atoms with Gasteiger partial charge >= 0.3 is 0 Å². The van der Waals surface area contributed by atoms with E-state index in [1.807, 2.05) is 51.1 Å². The number of pyridine rings is 2. The zero-order valence-corrected chi connectivity index (χ0v) is 19.4. The molecule has 3 N–H and O–H groups in total. The molecule has 1 aromatic carbocycles. The van der Waals surface area contributed by atoms with Crippen molar-refractivity contribution >= 4 is 34.2 Å². The fraction of sp³-hybridized carbons (Fsp3) is 0.200. The molecular weight excluding hydrogens is 440 g/mol. The Hall–Kier alpha value is -3.71. The summed E-state index contributed by atoms with van der Waals surface area (Å²) in [5.74, 6) is -0.268. The molecule has 0 saturated heterocycles. The van der Waals surface area contributed by atoms with Gasteiger partial charge in [-0.15, -0.1) is 0 Å². The summed E-state index contributed by atoms with van der Waals surface area (Å²) in [6.07, 6.45) is 0. The number of primary amides is 1. The summed E-state index contributed by atoms with van der Waals surface area (Å²) < 4.78 is 6.33. The van der Waals surface area contributed by atoms with Crippen molar-refractivity contribution in [2.45, 2.75) is 33.7 Å². The third kappa shape index (κ3) is 4.32. The van der Waals surface area contributed by atoms with Crippen molar-refractivity contribution in [1.82, 2.24) is 9.97 Å². The number of aromatic nitrogens is 2. The first-order valence-electron chi connectivity index (χ1n) is 10.4. The van der Waals surface area contributed by atoms with Crippen molar-refractivity contribution < 1.29 is 9.21 Å². The molecule has 33 heavy (non-hydrogen) atoms. The predicted molar refractivity (Wildman–Crippen MR) is 130 cm³/mol. The zero-order chi connectivity index (χ0) is 23.9. The highest BCUT2D eigenvalue weighted by molar-refractivity contribution is 6.29. The van der Waals surface area contributed by atoms with Crippen LogP contribution in [0.1, 0.15) is 45.8 Å². The lowest BCUT2D eigenvalue weighted by Crippen LogP contribution is -2.18. The second-order valence-corrected chi connectivity index (χ2v) is 8.43. The highest BCUT2D eigenvalue weighted by Crippen LogP contribution is 2.32. The average molecular weight is 463 g/mol. The molecule has 0 aliphatic rings. The lowest BCUT2D eigenvalue weighted by Gasteiger charge is -2.19. The number of fused-ring (bicyclic) bond motifs is 1. The molecule has 1 amide bonds. The van der Waals surface area contributed by atoms with Crippen LogP contribution in [0.4, 0.5) is 5.69 Å². The number of rotatable bonds is 5. The number of anilines is 1. The number of carbonyl (C=O) groups is 1. The van der Waals surface area contributed by atoms with Crippen LogP contribution in [0.3, 0.4) is 0 Å². The first-order valence-corrected chi connectivity index (χ1v) is 10.8. The SMILES string of the molecule is Cc1cc([C@@H](C)Nc2ccc(Cl)nc2C(N)=O)c2oc(-c3cccc(C)n3)c(C)c(=O)c2c1. The Kier molecular flexibility index (Phi) is 5.91. The van der Waals surface area contributed by atoms with Crippen molar-refractivity contribution in [3.63, 3.8) is 0 Å². The Labute approximate surface area is 195 Å². The van der Waals surface area contributed by atoms with E-state index in [2.05, 4.69) is 15.3 Å². The molecule has 7 nitrogen and oxygen atoms in total. The second kappa shape index (κ2) is 8.67. The smallest absolute Gasteiger partial charge is 0.269 e. The van der Waals surface area contributed by atoms with Crippen LogP contribution in [0.5, 0.6) is 0 Å². The Bertz CT molecular complexity index is 1460. The monoisotopic (exact) mass is 462 g/mol. The molecule has 0 radical (unpaired) electrons. The Balaban J connectivity index is 1.89. The van der Waals surface area contributed by atoms with E-state index < -0.39 is 5.91 Å². The van der Waals surface area contributed by atoms with Crippen molar-refractivity contribution in [1.29, 1.82) is 0 Å². The predicted octanol–water partition coefficient (Wildman–Crippen LogP) is 5.10. The standard InChI is InChI=1S/C25H23ClN4O3/c1-12-10-16(15(4)29-18-8-9-20(26)30-21(18)25(27)32)24-17(11-12)22(31)14(3)23(33-24)19-7-5-6-13(2)28-19/h5-11,15,29H,1-4H3,(H2,27,32)/t15-/m1/s1. The maximum absolute atomic E-state index is 13.3. The number of nitrogens with zero attached hydrogens (tertiary/aromatic N) is 2. The first kappa shape index (κ1) is 22.5. The van der Waals surface area contributed by atoms with Crippen LogP contribution in [0.15, 0.2) is 51.7 Å². The lowest BCUT2D eigenvalue weighted by molar-refractivity contribution is 0.0996. The molecule has 4 rings (SSSR count). The molecule has 0 spiro atoms. The summed E-state index contributed by atoms with van der Waals surface area (Å²) in [4.78, 5) is 33.7. The van der Waals surface area contributed by atoms with Gasteiger partial charge < -0.3 is 15.5 Å². The van der Waals surface area contributed by atoms with Crippen molar-refractivity contribution in [2.75, 3.05) is 5.32 Å². The minimum Gasteiger partial charge on any atom is -0.454 e. The number of nitrogens with two attached hydrogens (primary N) is 1. The molecule has 0 unspecified atom stereocenters. The van der Waals surface area contributed by atoms with Gasteiger partial charge in [0, 0.05) is 16.8 Å². The van der Waals surface area contributed by atoms with Crippen molar-refractivity contribution in [2.24, 2.45) is 5.73 Å². The molecule has 0 fully saturated rings. The summed E-state index contributed by atoms with van der Waals surface area (Å²) in [5.41, 5.74) is 9.86. The van der Waals surface area contributed by atoms with Crippen LogP contribution < -0.4 is 16.5 Å². The number of carbonyl (C=O) groups excluding carboxylic acids is 1. The van der Waals surface area contributed by atoms with E-state index in [4.69, 9.17) is 21.8 Å². The quantitative estimate of drug-likeness (QED) is 0.399.